The monoisotopic (exact) mass is 474 g/mol. The molecule has 1 aliphatic heterocycles. The zero-order chi connectivity index (χ0) is 22.0. The Kier molecular flexibility index (Phi) is 6.36. The fraction of sp³-hybridized carbons (Fsp3) is 0.136. The third kappa shape index (κ3) is 4.79. The Morgan fingerprint density at radius 2 is 1.71 bits per heavy atom. The largest absolute Gasteiger partial charge is 0.489 e. The number of carbonyl (C=O) groups is 1. The summed E-state index contributed by atoms with van der Waals surface area (Å²) in [6.07, 6.45) is 0. The molecule has 6 nitrogen and oxygen atoms in total. The number of hydrogen-bond acceptors (Lipinski definition) is 5. The van der Waals surface area contributed by atoms with Crippen LogP contribution in [0.4, 0.5) is 11.4 Å². The van der Waals surface area contributed by atoms with E-state index in [1.807, 2.05) is 0 Å². The number of nitro groups is 1. The second-order valence-corrected chi connectivity index (χ2v) is 8.74. The number of rotatable bonds is 6. The molecule has 0 radical (unpaired) electrons. The van der Waals surface area contributed by atoms with Crippen molar-refractivity contribution >= 4 is 52.2 Å². The minimum absolute atomic E-state index is 0.0152. The normalized spacial score (nSPS) is 15.9. The standard InChI is InChI=1S/C22H16Cl2N2O4S/c23-15-3-8-17(9-4-15)25-21(27)13-31-22(25)19-11-16(24)5-10-20(19)30-12-14-1-6-18(7-2-14)26(28)29/h1-11,22H,12-13H2/t22-/m0/s1. The molecule has 31 heavy (non-hydrogen) atoms. The predicted molar refractivity (Wildman–Crippen MR) is 123 cm³/mol. The van der Waals surface area contributed by atoms with Crippen molar-refractivity contribution in [1.29, 1.82) is 0 Å². The molecule has 1 fully saturated rings. The first-order valence-electron chi connectivity index (χ1n) is 9.27. The molecular weight excluding hydrogens is 459 g/mol. The maximum absolute atomic E-state index is 12.6. The summed E-state index contributed by atoms with van der Waals surface area (Å²) in [6.45, 7) is 0.221. The van der Waals surface area contributed by atoms with E-state index in [9.17, 15) is 14.9 Å². The Labute approximate surface area is 192 Å². The summed E-state index contributed by atoms with van der Waals surface area (Å²) in [6, 6.07) is 18.6. The van der Waals surface area contributed by atoms with Crippen LogP contribution in [0.2, 0.25) is 10.0 Å². The molecule has 1 atom stereocenters. The van der Waals surface area contributed by atoms with E-state index in [1.54, 1.807) is 59.5 Å². The van der Waals surface area contributed by atoms with Gasteiger partial charge in [-0.3, -0.25) is 19.8 Å². The number of nitro benzene ring substituents is 1. The van der Waals surface area contributed by atoms with Gasteiger partial charge in [-0.1, -0.05) is 23.2 Å². The second-order valence-electron chi connectivity index (χ2n) is 6.80. The number of non-ortho nitro benzene ring substituents is 1. The summed E-state index contributed by atoms with van der Waals surface area (Å²) in [7, 11) is 0. The van der Waals surface area contributed by atoms with E-state index in [0.29, 0.717) is 21.5 Å². The number of halogens is 2. The van der Waals surface area contributed by atoms with Crippen LogP contribution in [0.15, 0.2) is 66.7 Å². The smallest absolute Gasteiger partial charge is 0.269 e. The van der Waals surface area contributed by atoms with Gasteiger partial charge in [0.1, 0.15) is 17.7 Å². The van der Waals surface area contributed by atoms with Crippen molar-refractivity contribution in [1.82, 2.24) is 0 Å². The van der Waals surface area contributed by atoms with Crippen LogP contribution >= 0.6 is 35.0 Å². The highest BCUT2D eigenvalue weighted by Gasteiger charge is 2.36. The van der Waals surface area contributed by atoms with Gasteiger partial charge < -0.3 is 4.74 Å². The molecule has 0 spiro atoms. The third-order valence-electron chi connectivity index (χ3n) is 4.75. The van der Waals surface area contributed by atoms with Gasteiger partial charge in [-0.25, -0.2) is 0 Å². The first-order valence-corrected chi connectivity index (χ1v) is 11.1. The number of carbonyl (C=O) groups excluding carboxylic acids is 1. The quantitative estimate of drug-likeness (QED) is 0.311. The molecule has 0 aliphatic carbocycles. The number of anilines is 1. The summed E-state index contributed by atoms with van der Waals surface area (Å²) < 4.78 is 6.03. The lowest BCUT2D eigenvalue weighted by atomic mass is 10.1. The first kappa shape index (κ1) is 21.5. The minimum atomic E-state index is -0.443. The molecule has 0 bridgehead atoms. The molecule has 158 valence electrons. The van der Waals surface area contributed by atoms with Crippen LogP contribution in [-0.2, 0) is 11.4 Å². The maximum Gasteiger partial charge on any atom is 0.269 e. The molecule has 4 rings (SSSR count). The maximum atomic E-state index is 12.6. The zero-order valence-electron chi connectivity index (χ0n) is 16.0. The van der Waals surface area contributed by atoms with Crippen molar-refractivity contribution in [2.45, 2.75) is 12.0 Å². The molecular formula is C22H16Cl2N2O4S. The number of benzene rings is 3. The molecule has 1 amide bonds. The highest BCUT2D eigenvalue weighted by molar-refractivity contribution is 8.00. The van der Waals surface area contributed by atoms with E-state index >= 15 is 0 Å². The third-order valence-corrected chi connectivity index (χ3v) is 6.43. The summed E-state index contributed by atoms with van der Waals surface area (Å²) in [5.41, 5.74) is 2.33. The van der Waals surface area contributed by atoms with E-state index in [1.165, 1.54) is 23.9 Å². The number of hydrogen-bond donors (Lipinski definition) is 0. The number of nitrogens with zero attached hydrogens (tertiary/aromatic N) is 2. The van der Waals surface area contributed by atoms with Crippen LogP contribution in [0.3, 0.4) is 0 Å². The highest BCUT2D eigenvalue weighted by Crippen LogP contribution is 2.45. The molecule has 3 aromatic rings. The Bertz CT molecular complexity index is 1120. The fourth-order valence-corrected chi connectivity index (χ4v) is 4.75. The predicted octanol–water partition coefficient (Wildman–Crippen LogP) is 6.26. The lowest BCUT2D eigenvalue weighted by Gasteiger charge is -2.26. The number of amides is 1. The Morgan fingerprint density at radius 3 is 2.39 bits per heavy atom. The molecule has 3 aromatic carbocycles. The van der Waals surface area contributed by atoms with Gasteiger partial charge >= 0.3 is 0 Å². The molecule has 1 aliphatic rings. The van der Waals surface area contributed by atoms with Crippen molar-refractivity contribution in [2.75, 3.05) is 10.7 Å². The second kappa shape index (κ2) is 9.18. The van der Waals surface area contributed by atoms with Crippen LogP contribution in [0.25, 0.3) is 0 Å². The average molecular weight is 475 g/mol. The van der Waals surface area contributed by atoms with Gasteiger partial charge in [-0.2, -0.15) is 0 Å². The molecule has 9 heteroatoms. The van der Waals surface area contributed by atoms with Crippen LogP contribution < -0.4 is 9.64 Å². The lowest BCUT2D eigenvalue weighted by molar-refractivity contribution is -0.384. The van der Waals surface area contributed by atoms with Gasteiger partial charge in [-0.15, -0.1) is 11.8 Å². The van der Waals surface area contributed by atoms with E-state index in [0.717, 1.165) is 16.8 Å². The molecule has 0 unspecified atom stereocenters. The van der Waals surface area contributed by atoms with Crippen LogP contribution in [0.5, 0.6) is 5.75 Å². The summed E-state index contributed by atoms with van der Waals surface area (Å²) >= 11 is 13.7. The van der Waals surface area contributed by atoms with Gasteiger partial charge in [0.25, 0.3) is 5.69 Å². The minimum Gasteiger partial charge on any atom is -0.489 e. The SMILES string of the molecule is O=C1CS[C@@H](c2cc(Cl)ccc2OCc2ccc([N+](=O)[O-])cc2)N1c1ccc(Cl)cc1. The van der Waals surface area contributed by atoms with Crippen LogP contribution in [0, 0.1) is 10.1 Å². The van der Waals surface area contributed by atoms with Gasteiger partial charge in [-0.05, 0) is 60.2 Å². The summed E-state index contributed by atoms with van der Waals surface area (Å²) in [4.78, 5) is 24.7. The van der Waals surface area contributed by atoms with E-state index < -0.39 is 4.92 Å². The van der Waals surface area contributed by atoms with Crippen molar-refractivity contribution in [3.63, 3.8) is 0 Å². The summed E-state index contributed by atoms with van der Waals surface area (Å²) in [5, 5.41) is 11.6. The number of thioether (sulfide) groups is 1. The molecule has 0 saturated carbocycles. The van der Waals surface area contributed by atoms with Crippen molar-refractivity contribution in [2.24, 2.45) is 0 Å². The Hall–Kier alpha value is -2.74. The van der Waals surface area contributed by atoms with Crippen molar-refractivity contribution < 1.29 is 14.5 Å². The highest BCUT2D eigenvalue weighted by atomic mass is 35.5. The van der Waals surface area contributed by atoms with Gasteiger partial charge in [0.05, 0.1) is 10.7 Å². The van der Waals surface area contributed by atoms with Gasteiger partial charge in [0.15, 0.2) is 0 Å². The van der Waals surface area contributed by atoms with E-state index in [-0.39, 0.29) is 23.6 Å². The lowest BCUT2D eigenvalue weighted by Crippen LogP contribution is -2.28. The topological polar surface area (TPSA) is 72.7 Å². The molecule has 0 aromatic heterocycles. The summed E-state index contributed by atoms with van der Waals surface area (Å²) in [5.74, 6) is 0.911. The molecule has 1 heterocycles. The van der Waals surface area contributed by atoms with Gasteiger partial charge in [0, 0.05) is 33.4 Å². The van der Waals surface area contributed by atoms with Crippen LogP contribution in [0.1, 0.15) is 16.5 Å². The van der Waals surface area contributed by atoms with Crippen molar-refractivity contribution in [3.8, 4) is 5.75 Å². The Morgan fingerprint density at radius 1 is 1.03 bits per heavy atom. The fourth-order valence-electron chi connectivity index (χ4n) is 3.25. The Balaban J connectivity index is 1.60. The van der Waals surface area contributed by atoms with E-state index in [4.69, 9.17) is 27.9 Å². The zero-order valence-corrected chi connectivity index (χ0v) is 18.4. The van der Waals surface area contributed by atoms with Gasteiger partial charge in [0.2, 0.25) is 5.91 Å². The number of ether oxygens (including phenoxy) is 1. The molecule has 0 N–H and O–H groups in total. The van der Waals surface area contributed by atoms with E-state index in [2.05, 4.69) is 0 Å². The van der Waals surface area contributed by atoms with Crippen molar-refractivity contribution in [3.05, 3.63) is 98.0 Å². The first-order chi connectivity index (χ1) is 14.9. The van der Waals surface area contributed by atoms with Crippen LogP contribution in [-0.4, -0.2) is 16.6 Å². The molecule has 1 saturated heterocycles. The average Bonchev–Trinajstić information content (AvgIpc) is 3.15.